The molecule has 12 rings (SSSR count). The zero-order valence-corrected chi connectivity index (χ0v) is 57.6. The fourth-order valence-corrected chi connectivity index (χ4v) is 14.6. The lowest BCUT2D eigenvalue weighted by molar-refractivity contribution is -0.163. The van der Waals surface area contributed by atoms with Crippen molar-refractivity contribution in [1.29, 1.82) is 0 Å². The van der Waals surface area contributed by atoms with Crippen LogP contribution in [-0.4, -0.2) is 118 Å². The van der Waals surface area contributed by atoms with Crippen molar-refractivity contribution in [3.8, 4) is 0 Å². The van der Waals surface area contributed by atoms with E-state index in [4.69, 9.17) is 23.1 Å². The van der Waals surface area contributed by atoms with Crippen molar-refractivity contribution in [2.45, 2.75) is 185 Å². The van der Waals surface area contributed by atoms with Gasteiger partial charge in [-0.3, -0.25) is 57.5 Å². The Morgan fingerprint density at radius 3 is 1.30 bits per heavy atom. The van der Waals surface area contributed by atoms with Crippen molar-refractivity contribution in [2.75, 3.05) is 16.0 Å². The fraction of sp³-hybridized carbons (Fsp3) is 0.408. The Kier molecular flexibility index (Phi) is 20.8. The van der Waals surface area contributed by atoms with Crippen LogP contribution in [0.15, 0.2) is 60.7 Å². The number of nitrogens with zero attached hydrogens (tertiary/aromatic N) is 3. The zero-order valence-electron chi connectivity index (χ0n) is 56.8. The highest BCUT2D eigenvalue weighted by Crippen LogP contribution is 2.49. The summed E-state index contributed by atoms with van der Waals surface area (Å²) >= 11 is 6.13. The summed E-state index contributed by atoms with van der Waals surface area (Å²) in [5, 5.41) is 14.8. The second kappa shape index (κ2) is 28.3. The van der Waals surface area contributed by atoms with E-state index >= 15 is 0 Å². The highest BCUT2D eigenvalue weighted by Gasteiger charge is 2.64. The van der Waals surface area contributed by atoms with E-state index in [1.54, 1.807) is 45.7 Å². The number of carbonyl (C=O) groups is 12. The standard InChI is InChI=1S/C25H25F4N3O4.C23H23ClF2N4O4.C23H23F3N4O4/c1-3-19(33)24(11-25(28,29)12-24)31-23(36)20(34)16-10-18(32-8-4-5-17(16)32)22(35)30-14-7-6-13(2)15(9-14)21(26)27;2*1-11-5-6-13(8-14(11)24)28-19(32)17-12(2)16(15-4-3-7-30(15)17)18(31)20(33)29-22(21(27)34)9-23(25,26)10-22/h6-7,9-10,21H,3-5,8,11-12H2,1-2H3,(H,30,35)(H,31,36);2*5-6,8H,3-4,7,9-10H2,1-2H3,(H2,27,34)(H,28,32)(H,29,33). The molecular formula is C71H71ClF9N11O12. The molecule has 0 unspecified atom stereocenters. The van der Waals surface area contributed by atoms with E-state index in [2.05, 4.69) is 31.9 Å². The molecule has 0 spiro atoms. The average molecular weight is 1480 g/mol. The third-order valence-corrected chi connectivity index (χ3v) is 20.1. The van der Waals surface area contributed by atoms with Crippen LogP contribution in [0.4, 0.5) is 56.6 Å². The number of alkyl halides is 8. The Hall–Kier alpha value is -10.4. The molecule has 10 N–H and O–H groups in total. The first-order chi connectivity index (χ1) is 48.6. The van der Waals surface area contributed by atoms with Crippen molar-refractivity contribution in [1.82, 2.24) is 29.7 Å². The molecule has 6 aromatic rings. The van der Waals surface area contributed by atoms with Gasteiger partial charge in [-0.05, 0) is 143 Å². The molecular weight excluding hydrogens is 1410 g/mol. The van der Waals surface area contributed by atoms with Gasteiger partial charge in [0.05, 0.1) is 11.1 Å². The van der Waals surface area contributed by atoms with Crippen LogP contribution in [0.1, 0.15) is 191 Å². The van der Waals surface area contributed by atoms with E-state index in [-0.39, 0.29) is 68.3 Å². The number of aryl methyl sites for hydroxylation is 3. The maximum Gasteiger partial charge on any atom is 0.293 e. The molecule has 8 amide bonds. The topological polar surface area (TPSA) is 344 Å². The third kappa shape index (κ3) is 14.8. The minimum Gasteiger partial charge on any atom is -0.368 e. The van der Waals surface area contributed by atoms with Crippen molar-refractivity contribution < 1.29 is 97.0 Å². The number of hydrogen-bond acceptors (Lipinski definition) is 12. The molecule has 0 radical (unpaired) electrons. The van der Waals surface area contributed by atoms with E-state index < -0.39 is 156 Å². The minimum absolute atomic E-state index is 0.0130. The summed E-state index contributed by atoms with van der Waals surface area (Å²) < 4.78 is 126. The van der Waals surface area contributed by atoms with Gasteiger partial charge < -0.3 is 57.1 Å². The Morgan fingerprint density at radius 2 is 0.875 bits per heavy atom. The molecule has 3 fully saturated rings. The number of halogens is 10. The summed E-state index contributed by atoms with van der Waals surface area (Å²) in [5.41, 5.74) is 9.24. The molecule has 3 aliphatic carbocycles. The molecule has 6 heterocycles. The molecule has 552 valence electrons. The van der Waals surface area contributed by atoms with Crippen LogP contribution in [0.2, 0.25) is 5.02 Å². The Bertz CT molecular complexity index is 4480. The molecule has 33 heteroatoms. The molecule has 3 aromatic carbocycles. The number of nitrogens with one attached hydrogen (secondary N) is 6. The van der Waals surface area contributed by atoms with E-state index in [9.17, 15) is 97.0 Å². The summed E-state index contributed by atoms with van der Waals surface area (Å²) in [6, 6.07) is 14.6. The SMILES string of the molecule is CCC(=O)C1(NC(=O)C(=O)c2cc(C(=O)Nc3ccc(C)c(C(F)F)c3)n3c2CCC3)CC(F)(F)C1.Cc1ccc(NC(=O)c2c(C)c(C(=O)C(=O)NC3(C(N)=O)CC(F)(F)C3)c3n2CCC3)cc1Cl.Cc1ccc(NC(=O)c2c(C)c(C(=O)C(=O)NC3(C(N)=O)CC(F)(F)C3)c3n2CCC3)cc1F. The van der Waals surface area contributed by atoms with Gasteiger partial charge in [-0.2, -0.15) is 0 Å². The van der Waals surface area contributed by atoms with Gasteiger partial charge in [-0.1, -0.05) is 36.7 Å². The Balaban J connectivity index is 0.000000168. The lowest BCUT2D eigenvalue weighted by atomic mass is 9.69. The second-order valence-electron chi connectivity index (χ2n) is 27.1. The lowest BCUT2D eigenvalue weighted by Crippen LogP contribution is -2.69. The highest BCUT2D eigenvalue weighted by molar-refractivity contribution is 6.45. The average Bonchev–Trinajstić information content (AvgIpc) is 1.35. The van der Waals surface area contributed by atoms with Crippen molar-refractivity contribution in [3.63, 3.8) is 0 Å². The van der Waals surface area contributed by atoms with Gasteiger partial charge in [0.1, 0.15) is 39.5 Å². The molecule has 6 aliphatic rings. The number of primary amides is 2. The Morgan fingerprint density at radius 1 is 0.490 bits per heavy atom. The van der Waals surface area contributed by atoms with Crippen molar-refractivity contribution in [2.24, 2.45) is 11.5 Å². The monoisotopic (exact) mass is 1480 g/mol. The first kappa shape index (κ1) is 76.2. The molecule has 3 aromatic heterocycles. The van der Waals surface area contributed by atoms with E-state index in [0.29, 0.717) is 97.1 Å². The lowest BCUT2D eigenvalue weighted by Gasteiger charge is -2.46. The molecule has 0 bridgehead atoms. The number of benzene rings is 3. The van der Waals surface area contributed by atoms with Crippen LogP contribution < -0.4 is 43.4 Å². The number of aromatic nitrogens is 3. The van der Waals surface area contributed by atoms with Gasteiger partial charge in [-0.25, -0.2) is 39.5 Å². The number of rotatable bonds is 20. The largest absolute Gasteiger partial charge is 0.368 e. The third-order valence-electron chi connectivity index (χ3n) is 19.7. The molecule has 23 nitrogen and oxygen atoms in total. The van der Waals surface area contributed by atoms with Crippen LogP contribution in [0.5, 0.6) is 0 Å². The van der Waals surface area contributed by atoms with Gasteiger partial charge in [0.15, 0.2) is 5.78 Å². The maximum atomic E-state index is 13.9. The number of nitrogens with two attached hydrogens (primary N) is 2. The first-order valence-electron chi connectivity index (χ1n) is 33.0. The molecule has 0 atom stereocenters. The molecule has 104 heavy (non-hydrogen) atoms. The van der Waals surface area contributed by atoms with E-state index in [1.807, 2.05) is 6.92 Å². The summed E-state index contributed by atoms with van der Waals surface area (Å²) in [5.74, 6) is -21.2. The van der Waals surface area contributed by atoms with Crippen LogP contribution in [0.3, 0.4) is 0 Å². The first-order valence-corrected chi connectivity index (χ1v) is 33.3. The van der Waals surface area contributed by atoms with E-state index in [1.165, 1.54) is 63.2 Å². The van der Waals surface area contributed by atoms with Gasteiger partial charge in [0.2, 0.25) is 11.8 Å². The van der Waals surface area contributed by atoms with E-state index in [0.717, 1.165) is 5.56 Å². The molecule has 3 aliphatic heterocycles. The molecule has 3 saturated carbocycles. The van der Waals surface area contributed by atoms with Gasteiger partial charge in [0.25, 0.3) is 77.0 Å². The smallest absolute Gasteiger partial charge is 0.293 e. The normalized spacial score (nSPS) is 17.4. The number of ketones is 4. The summed E-state index contributed by atoms with van der Waals surface area (Å²) in [4.78, 5) is 152. The molecule has 0 saturated heterocycles. The number of amides is 8. The number of hydrogen-bond donors (Lipinski definition) is 8. The van der Waals surface area contributed by atoms with Gasteiger partial charge in [0, 0.05) is 115 Å². The van der Waals surface area contributed by atoms with Crippen LogP contribution in [0, 0.1) is 40.4 Å². The maximum absolute atomic E-state index is 13.9. The summed E-state index contributed by atoms with van der Waals surface area (Å²) in [6.45, 7) is 10.8. The second-order valence-corrected chi connectivity index (χ2v) is 27.5. The van der Waals surface area contributed by atoms with Crippen LogP contribution >= 0.6 is 11.6 Å². The van der Waals surface area contributed by atoms with Gasteiger partial charge in [-0.15, -0.1) is 0 Å². The fourth-order valence-electron chi connectivity index (χ4n) is 14.4. The van der Waals surface area contributed by atoms with Crippen LogP contribution in [-0.2, 0) is 67.7 Å². The van der Waals surface area contributed by atoms with Crippen molar-refractivity contribution >= 4 is 99.1 Å². The zero-order chi connectivity index (χ0) is 76.4. The Labute approximate surface area is 592 Å². The van der Waals surface area contributed by atoms with Gasteiger partial charge >= 0.3 is 0 Å². The van der Waals surface area contributed by atoms with Crippen LogP contribution in [0.25, 0.3) is 0 Å². The number of fused-ring (bicyclic) bond motifs is 3. The highest BCUT2D eigenvalue weighted by atomic mass is 35.5. The van der Waals surface area contributed by atoms with Crippen molar-refractivity contribution in [3.05, 3.63) is 156 Å². The predicted molar refractivity (Wildman–Crippen MR) is 357 cm³/mol. The minimum atomic E-state index is -3.17. The summed E-state index contributed by atoms with van der Waals surface area (Å²) in [6.07, 6.45) is -5.29. The summed E-state index contributed by atoms with van der Waals surface area (Å²) in [7, 11) is 0. The quantitative estimate of drug-likeness (QED) is 0.0201. The number of carbonyl (C=O) groups excluding carboxylic acids is 12. The number of Topliss-reactive ketones (excluding diaryl/α,β-unsaturated/α-hetero) is 4. The number of anilines is 3. The predicted octanol–water partition coefficient (Wildman–Crippen LogP) is 9.68.